The van der Waals surface area contributed by atoms with Gasteiger partial charge in [-0.05, 0) is 31.9 Å². The average Bonchev–Trinajstić information content (AvgIpc) is 3.21. The van der Waals surface area contributed by atoms with E-state index < -0.39 is 0 Å². The molecule has 6 nitrogen and oxygen atoms in total. The van der Waals surface area contributed by atoms with Gasteiger partial charge in [-0.1, -0.05) is 31.0 Å². The third-order valence-electron chi connectivity index (χ3n) is 5.74. The van der Waals surface area contributed by atoms with E-state index in [2.05, 4.69) is 5.32 Å². The van der Waals surface area contributed by atoms with E-state index >= 15 is 0 Å². The number of nitrogens with one attached hydrogen (secondary N) is 1. The van der Waals surface area contributed by atoms with Crippen LogP contribution in [0.2, 0.25) is 0 Å². The van der Waals surface area contributed by atoms with Crippen molar-refractivity contribution in [2.75, 3.05) is 6.54 Å². The normalized spacial score (nSPS) is 23.5. The van der Waals surface area contributed by atoms with Crippen molar-refractivity contribution >= 4 is 28.7 Å². The molecular formula is C21H24N2O4. The molecule has 3 amide bonds. The first-order chi connectivity index (χ1) is 13.0. The second-order valence-corrected chi connectivity index (χ2v) is 7.55. The first kappa shape index (κ1) is 17.8. The number of carbonyl (C=O) groups excluding carboxylic acids is 3. The van der Waals surface area contributed by atoms with Crippen LogP contribution in [0.1, 0.15) is 50.8 Å². The Hall–Kier alpha value is -2.63. The fraction of sp³-hybridized carbons (Fsp3) is 0.476. The molecule has 1 saturated heterocycles. The maximum absolute atomic E-state index is 12.5. The van der Waals surface area contributed by atoms with Gasteiger partial charge in [0, 0.05) is 18.4 Å². The number of fused-ring (bicyclic) bond motifs is 2. The maximum Gasteiger partial charge on any atom is 0.233 e. The molecule has 1 saturated carbocycles. The summed E-state index contributed by atoms with van der Waals surface area (Å²) in [7, 11) is 0. The highest BCUT2D eigenvalue weighted by Crippen LogP contribution is 2.38. The van der Waals surface area contributed by atoms with E-state index in [0.29, 0.717) is 5.76 Å². The highest BCUT2D eigenvalue weighted by atomic mass is 16.3. The first-order valence-electron chi connectivity index (χ1n) is 9.67. The Morgan fingerprint density at radius 3 is 2.52 bits per heavy atom. The molecule has 1 aliphatic heterocycles. The van der Waals surface area contributed by atoms with Crippen molar-refractivity contribution in [2.45, 2.75) is 45.1 Å². The van der Waals surface area contributed by atoms with Crippen molar-refractivity contribution < 1.29 is 18.8 Å². The van der Waals surface area contributed by atoms with Crippen LogP contribution in [-0.4, -0.2) is 29.2 Å². The zero-order valence-electron chi connectivity index (χ0n) is 15.4. The van der Waals surface area contributed by atoms with Crippen molar-refractivity contribution in [3.8, 4) is 0 Å². The molecule has 6 heteroatoms. The Labute approximate surface area is 157 Å². The van der Waals surface area contributed by atoms with Gasteiger partial charge in [0.15, 0.2) is 0 Å². The number of para-hydroxylation sites is 1. The molecule has 0 unspecified atom stereocenters. The van der Waals surface area contributed by atoms with Crippen molar-refractivity contribution in [1.29, 1.82) is 0 Å². The molecular weight excluding hydrogens is 344 g/mol. The maximum atomic E-state index is 12.5. The van der Waals surface area contributed by atoms with E-state index in [1.165, 1.54) is 4.90 Å². The number of amides is 3. The largest absolute Gasteiger partial charge is 0.459 e. The van der Waals surface area contributed by atoms with Gasteiger partial charge in [0.05, 0.1) is 17.9 Å². The van der Waals surface area contributed by atoms with E-state index in [4.69, 9.17) is 4.42 Å². The molecule has 4 rings (SSSR count). The van der Waals surface area contributed by atoms with Gasteiger partial charge in [-0.25, -0.2) is 0 Å². The summed E-state index contributed by atoms with van der Waals surface area (Å²) in [5, 5.41) is 3.88. The van der Waals surface area contributed by atoms with E-state index in [0.717, 1.165) is 36.7 Å². The highest BCUT2D eigenvalue weighted by molar-refractivity contribution is 6.05. The summed E-state index contributed by atoms with van der Waals surface area (Å²) in [6, 6.07) is 9.32. The Morgan fingerprint density at radius 2 is 1.85 bits per heavy atom. The molecule has 1 aromatic carbocycles. The fourth-order valence-corrected chi connectivity index (χ4v) is 4.27. The molecule has 27 heavy (non-hydrogen) atoms. The molecule has 2 aliphatic rings. The third-order valence-corrected chi connectivity index (χ3v) is 5.74. The summed E-state index contributed by atoms with van der Waals surface area (Å²) in [6.45, 7) is 2.01. The van der Waals surface area contributed by atoms with E-state index in [-0.39, 0.29) is 48.6 Å². The predicted octanol–water partition coefficient (Wildman–Crippen LogP) is 3.18. The lowest BCUT2D eigenvalue weighted by Crippen LogP contribution is -2.36. The fourth-order valence-electron chi connectivity index (χ4n) is 4.27. The quantitative estimate of drug-likeness (QED) is 0.822. The summed E-state index contributed by atoms with van der Waals surface area (Å²) in [5.41, 5.74) is 0.782. The predicted molar refractivity (Wildman–Crippen MR) is 99.6 cm³/mol. The minimum atomic E-state index is -0.280. The van der Waals surface area contributed by atoms with E-state index in [1.54, 1.807) is 0 Å². The third kappa shape index (κ3) is 3.36. The van der Waals surface area contributed by atoms with Crippen molar-refractivity contribution in [3.63, 3.8) is 0 Å². The number of benzene rings is 1. The number of hydrogen-bond donors (Lipinski definition) is 1. The number of hydrogen-bond acceptors (Lipinski definition) is 4. The zero-order chi connectivity index (χ0) is 19.0. The Morgan fingerprint density at radius 1 is 1.19 bits per heavy atom. The van der Waals surface area contributed by atoms with Crippen LogP contribution < -0.4 is 5.32 Å². The number of furan rings is 1. The summed E-state index contributed by atoms with van der Waals surface area (Å²) in [6.07, 6.45) is 3.70. The number of imide groups is 1. The Balaban J connectivity index is 1.34. The minimum Gasteiger partial charge on any atom is -0.459 e. The molecule has 3 atom stereocenters. The molecule has 0 radical (unpaired) electrons. The molecule has 0 spiro atoms. The second-order valence-electron chi connectivity index (χ2n) is 7.55. The number of nitrogens with zero attached hydrogens (tertiary/aromatic N) is 1. The van der Waals surface area contributed by atoms with Gasteiger partial charge in [-0.15, -0.1) is 0 Å². The van der Waals surface area contributed by atoms with Gasteiger partial charge >= 0.3 is 0 Å². The summed E-state index contributed by atoms with van der Waals surface area (Å²) >= 11 is 0. The van der Waals surface area contributed by atoms with Gasteiger partial charge in [0.1, 0.15) is 11.3 Å². The van der Waals surface area contributed by atoms with Crippen LogP contribution in [0.4, 0.5) is 0 Å². The number of rotatable bonds is 5. The van der Waals surface area contributed by atoms with Crippen molar-refractivity contribution in [3.05, 3.63) is 36.1 Å². The van der Waals surface area contributed by atoms with Crippen LogP contribution in [0.15, 0.2) is 34.7 Å². The lowest BCUT2D eigenvalue weighted by Gasteiger charge is -2.19. The molecule has 142 valence electrons. The molecule has 2 heterocycles. The SMILES string of the molecule is C[C@H](NC(=O)CCN1C(=O)[C@H]2CCCC[C@H]2C1=O)c1cc2ccccc2o1. The number of likely N-dealkylation sites (tertiary alicyclic amines) is 1. The van der Waals surface area contributed by atoms with Gasteiger partial charge < -0.3 is 9.73 Å². The Kier molecular flexibility index (Phi) is 4.72. The van der Waals surface area contributed by atoms with Crippen LogP contribution in [-0.2, 0) is 14.4 Å². The van der Waals surface area contributed by atoms with Gasteiger partial charge in [0.2, 0.25) is 17.7 Å². The first-order valence-corrected chi connectivity index (χ1v) is 9.67. The topological polar surface area (TPSA) is 79.6 Å². The van der Waals surface area contributed by atoms with Crippen LogP contribution in [0, 0.1) is 11.8 Å². The monoisotopic (exact) mass is 368 g/mol. The molecule has 1 aliphatic carbocycles. The second kappa shape index (κ2) is 7.18. The van der Waals surface area contributed by atoms with E-state index in [1.807, 2.05) is 37.3 Å². The number of carbonyl (C=O) groups is 3. The zero-order valence-corrected chi connectivity index (χ0v) is 15.4. The smallest absolute Gasteiger partial charge is 0.233 e. The van der Waals surface area contributed by atoms with Crippen molar-refractivity contribution in [1.82, 2.24) is 10.2 Å². The summed E-state index contributed by atoms with van der Waals surface area (Å²) in [4.78, 5) is 38.6. The summed E-state index contributed by atoms with van der Waals surface area (Å²) < 4.78 is 5.77. The lowest BCUT2D eigenvalue weighted by atomic mass is 9.81. The Bertz CT molecular complexity index is 830. The van der Waals surface area contributed by atoms with Gasteiger partial charge in [-0.3, -0.25) is 19.3 Å². The lowest BCUT2D eigenvalue weighted by molar-refractivity contribution is -0.140. The minimum absolute atomic E-state index is 0.0946. The standard InChI is InChI=1S/C21H24N2O4/c1-13(18-12-14-6-2-5-9-17(14)27-18)22-19(24)10-11-23-20(25)15-7-3-4-8-16(15)21(23)26/h2,5-6,9,12-13,15-16H,3-4,7-8,10-11H2,1H3,(H,22,24)/t13-,15-,16+/m0/s1. The van der Waals surface area contributed by atoms with E-state index in [9.17, 15) is 14.4 Å². The molecule has 1 aromatic heterocycles. The molecule has 2 fully saturated rings. The van der Waals surface area contributed by atoms with Gasteiger partial charge in [0.25, 0.3) is 0 Å². The van der Waals surface area contributed by atoms with Crippen LogP contribution in [0.3, 0.4) is 0 Å². The molecule has 0 bridgehead atoms. The van der Waals surface area contributed by atoms with Crippen molar-refractivity contribution in [2.24, 2.45) is 11.8 Å². The van der Waals surface area contributed by atoms with Gasteiger partial charge in [-0.2, -0.15) is 0 Å². The average molecular weight is 368 g/mol. The van der Waals surface area contributed by atoms with Crippen LogP contribution in [0.25, 0.3) is 11.0 Å². The van der Waals surface area contributed by atoms with Crippen LogP contribution >= 0.6 is 0 Å². The molecule has 1 N–H and O–H groups in total. The molecule has 2 aromatic rings. The van der Waals surface area contributed by atoms with Crippen LogP contribution in [0.5, 0.6) is 0 Å². The highest BCUT2D eigenvalue weighted by Gasteiger charge is 2.47. The summed E-state index contributed by atoms with van der Waals surface area (Å²) in [5.74, 6) is -0.0273.